The van der Waals surface area contributed by atoms with E-state index in [0.717, 1.165) is 11.8 Å². The highest BCUT2D eigenvalue weighted by Gasteiger charge is 2.27. The summed E-state index contributed by atoms with van der Waals surface area (Å²) in [5, 5.41) is 23.0. The number of carbonyl (C=O) groups is 1. The van der Waals surface area contributed by atoms with Crippen molar-refractivity contribution in [3.05, 3.63) is 15.8 Å². The third kappa shape index (κ3) is 2.32. The molecule has 0 aliphatic carbocycles. The maximum Gasteiger partial charge on any atom is 0.323 e. The van der Waals surface area contributed by atoms with Crippen molar-refractivity contribution < 1.29 is 14.8 Å². The summed E-state index contributed by atoms with van der Waals surface area (Å²) in [6.07, 6.45) is 0. The van der Waals surface area contributed by atoms with Gasteiger partial charge in [-0.25, -0.2) is 0 Å². The predicted molar refractivity (Wildman–Crippen MR) is 57.6 cm³/mol. The fourth-order valence-corrected chi connectivity index (χ4v) is 2.15. The van der Waals surface area contributed by atoms with Crippen LogP contribution in [0.15, 0.2) is 5.03 Å². The van der Waals surface area contributed by atoms with Crippen molar-refractivity contribution in [1.82, 2.24) is 9.78 Å². The fourth-order valence-electron chi connectivity index (χ4n) is 1.19. The van der Waals surface area contributed by atoms with Gasteiger partial charge in [-0.05, 0) is 13.8 Å². The Morgan fingerprint density at radius 1 is 1.69 bits per heavy atom. The number of aromatic nitrogens is 2. The molecule has 1 rings (SSSR count). The Morgan fingerprint density at radius 3 is 2.69 bits per heavy atom. The molecular formula is C8H11N3O4S. The molecule has 0 aromatic carbocycles. The molecule has 1 unspecified atom stereocenters. The van der Waals surface area contributed by atoms with E-state index in [1.165, 1.54) is 18.5 Å². The van der Waals surface area contributed by atoms with Crippen molar-refractivity contribution in [2.75, 3.05) is 0 Å². The number of rotatable bonds is 4. The van der Waals surface area contributed by atoms with Crippen molar-refractivity contribution in [2.24, 2.45) is 7.05 Å². The summed E-state index contributed by atoms with van der Waals surface area (Å²) in [7, 11) is 1.55. The molecule has 1 aromatic heterocycles. The van der Waals surface area contributed by atoms with E-state index in [1.807, 2.05) is 0 Å². The number of carboxylic acid groups (broad SMARTS) is 1. The van der Waals surface area contributed by atoms with E-state index in [9.17, 15) is 14.9 Å². The molecule has 0 saturated heterocycles. The summed E-state index contributed by atoms with van der Waals surface area (Å²) in [5.41, 5.74) is 0.160. The third-order valence-corrected chi connectivity index (χ3v) is 3.19. The standard InChI is InChI=1S/C8H11N3O4S/c1-4-6(11(14)15)7(10(3)9-4)16-5(2)8(12)13/h5H,1-3H3,(H,12,13). The molecule has 1 aromatic rings. The highest BCUT2D eigenvalue weighted by atomic mass is 32.2. The van der Waals surface area contributed by atoms with Crippen molar-refractivity contribution >= 4 is 23.4 Å². The van der Waals surface area contributed by atoms with E-state index in [0.29, 0.717) is 0 Å². The zero-order valence-corrected chi connectivity index (χ0v) is 9.82. The van der Waals surface area contributed by atoms with Gasteiger partial charge in [0, 0.05) is 7.05 Å². The summed E-state index contributed by atoms with van der Waals surface area (Å²) in [6.45, 7) is 2.99. The second-order valence-corrected chi connectivity index (χ2v) is 4.55. The number of aryl methyl sites for hydroxylation is 2. The van der Waals surface area contributed by atoms with Gasteiger partial charge in [-0.3, -0.25) is 19.6 Å². The van der Waals surface area contributed by atoms with Crippen LogP contribution in [0.2, 0.25) is 0 Å². The monoisotopic (exact) mass is 245 g/mol. The molecular weight excluding hydrogens is 234 g/mol. The van der Waals surface area contributed by atoms with Gasteiger partial charge in [-0.1, -0.05) is 11.8 Å². The maximum atomic E-state index is 10.8. The molecule has 1 heterocycles. The van der Waals surface area contributed by atoms with E-state index in [2.05, 4.69) is 5.10 Å². The maximum absolute atomic E-state index is 10.8. The van der Waals surface area contributed by atoms with Gasteiger partial charge in [-0.2, -0.15) is 5.10 Å². The van der Waals surface area contributed by atoms with Crippen LogP contribution in [0.3, 0.4) is 0 Å². The molecule has 0 bridgehead atoms. The quantitative estimate of drug-likeness (QED) is 0.486. The van der Waals surface area contributed by atoms with Crippen molar-refractivity contribution in [3.8, 4) is 0 Å². The number of carboxylic acids is 1. The molecule has 16 heavy (non-hydrogen) atoms. The van der Waals surface area contributed by atoms with Crippen molar-refractivity contribution in [1.29, 1.82) is 0 Å². The van der Waals surface area contributed by atoms with Crippen LogP contribution >= 0.6 is 11.8 Å². The molecule has 8 heteroatoms. The lowest BCUT2D eigenvalue weighted by Gasteiger charge is -2.05. The van der Waals surface area contributed by atoms with Gasteiger partial charge < -0.3 is 5.11 Å². The largest absolute Gasteiger partial charge is 0.480 e. The zero-order chi connectivity index (χ0) is 12.5. The second-order valence-electron chi connectivity index (χ2n) is 3.22. The van der Waals surface area contributed by atoms with Gasteiger partial charge in [0.1, 0.15) is 10.9 Å². The van der Waals surface area contributed by atoms with Gasteiger partial charge in [0.05, 0.1) is 4.92 Å². The molecule has 0 spiro atoms. The first-order valence-electron chi connectivity index (χ1n) is 4.42. The molecule has 1 N–H and O–H groups in total. The van der Waals surface area contributed by atoms with Gasteiger partial charge in [0.2, 0.25) is 0 Å². The van der Waals surface area contributed by atoms with E-state index < -0.39 is 16.1 Å². The number of nitro groups is 1. The average Bonchev–Trinajstić information content (AvgIpc) is 2.41. The van der Waals surface area contributed by atoms with Crippen LogP contribution in [0, 0.1) is 17.0 Å². The van der Waals surface area contributed by atoms with Crippen LogP contribution in [-0.4, -0.2) is 31.0 Å². The Kier molecular flexibility index (Phi) is 3.53. The number of hydrogen-bond donors (Lipinski definition) is 1. The lowest BCUT2D eigenvalue weighted by atomic mass is 10.4. The van der Waals surface area contributed by atoms with E-state index in [4.69, 9.17) is 5.11 Å². The molecule has 0 saturated carbocycles. The Hall–Kier alpha value is -1.57. The zero-order valence-electron chi connectivity index (χ0n) is 9.00. The predicted octanol–water partition coefficient (Wildman–Crippen LogP) is 1.20. The summed E-state index contributed by atoms with van der Waals surface area (Å²) >= 11 is 0.913. The number of nitrogens with zero attached hydrogens (tertiary/aromatic N) is 3. The van der Waals surface area contributed by atoms with E-state index in [1.54, 1.807) is 7.05 Å². The normalized spacial score (nSPS) is 12.4. The van der Waals surface area contributed by atoms with E-state index in [-0.39, 0.29) is 16.4 Å². The van der Waals surface area contributed by atoms with E-state index >= 15 is 0 Å². The first-order valence-corrected chi connectivity index (χ1v) is 5.30. The Balaban J connectivity index is 3.12. The van der Waals surface area contributed by atoms with Gasteiger partial charge >= 0.3 is 11.7 Å². The van der Waals surface area contributed by atoms with Gasteiger partial charge in [-0.15, -0.1) is 0 Å². The fraction of sp³-hybridized carbons (Fsp3) is 0.500. The summed E-state index contributed by atoms with van der Waals surface area (Å²) in [5.74, 6) is -1.02. The Bertz CT molecular complexity index is 443. The summed E-state index contributed by atoms with van der Waals surface area (Å²) < 4.78 is 1.33. The van der Waals surface area contributed by atoms with Crippen LogP contribution < -0.4 is 0 Å². The Labute approximate surface area is 95.6 Å². The van der Waals surface area contributed by atoms with Gasteiger partial charge in [0.25, 0.3) is 0 Å². The molecule has 88 valence electrons. The minimum Gasteiger partial charge on any atom is -0.480 e. The van der Waals surface area contributed by atoms with Crippen LogP contribution in [-0.2, 0) is 11.8 Å². The molecule has 1 atom stereocenters. The van der Waals surface area contributed by atoms with Crippen molar-refractivity contribution in [2.45, 2.75) is 24.1 Å². The lowest BCUT2D eigenvalue weighted by molar-refractivity contribution is -0.388. The number of aliphatic carboxylic acids is 1. The summed E-state index contributed by atoms with van der Waals surface area (Å²) in [6, 6.07) is 0. The molecule has 0 radical (unpaired) electrons. The lowest BCUT2D eigenvalue weighted by Crippen LogP contribution is -2.12. The van der Waals surface area contributed by atoms with Crippen LogP contribution in [0.25, 0.3) is 0 Å². The Morgan fingerprint density at radius 2 is 2.25 bits per heavy atom. The van der Waals surface area contributed by atoms with Crippen molar-refractivity contribution in [3.63, 3.8) is 0 Å². The number of hydrogen-bond acceptors (Lipinski definition) is 5. The molecule has 7 nitrogen and oxygen atoms in total. The molecule has 0 fully saturated rings. The highest BCUT2D eigenvalue weighted by Crippen LogP contribution is 2.33. The van der Waals surface area contributed by atoms with Crippen LogP contribution in [0.1, 0.15) is 12.6 Å². The van der Waals surface area contributed by atoms with Crippen LogP contribution in [0.4, 0.5) is 5.69 Å². The SMILES string of the molecule is Cc1nn(C)c(SC(C)C(=O)O)c1[N+](=O)[O-]. The smallest absolute Gasteiger partial charge is 0.323 e. The third-order valence-electron chi connectivity index (χ3n) is 1.96. The molecule has 0 aliphatic heterocycles. The minimum atomic E-state index is -1.02. The highest BCUT2D eigenvalue weighted by molar-refractivity contribution is 8.00. The molecule has 0 amide bonds. The first-order chi connectivity index (χ1) is 7.34. The first kappa shape index (κ1) is 12.5. The number of thioether (sulfide) groups is 1. The summed E-state index contributed by atoms with van der Waals surface area (Å²) in [4.78, 5) is 20.9. The average molecular weight is 245 g/mol. The minimum absolute atomic E-state index is 0.124. The van der Waals surface area contributed by atoms with Gasteiger partial charge in [0.15, 0.2) is 5.03 Å². The molecule has 0 aliphatic rings. The second kappa shape index (κ2) is 4.52. The van der Waals surface area contributed by atoms with Crippen LogP contribution in [0.5, 0.6) is 0 Å². The topological polar surface area (TPSA) is 98.3 Å².